The van der Waals surface area contributed by atoms with Crippen molar-refractivity contribution in [1.82, 2.24) is 0 Å². The van der Waals surface area contributed by atoms with Crippen LogP contribution in [0.25, 0.3) is 0 Å². The van der Waals surface area contributed by atoms with Crippen LogP contribution < -0.4 is 0 Å². The Morgan fingerprint density at radius 3 is 1.61 bits per heavy atom. The molecular weight excluding hydrogens is 316 g/mol. The highest BCUT2D eigenvalue weighted by Crippen LogP contribution is 2.44. The van der Waals surface area contributed by atoms with Gasteiger partial charge in [0.05, 0.1) is 0 Å². The van der Waals surface area contributed by atoms with Crippen LogP contribution in [0.5, 0.6) is 0 Å². The van der Waals surface area contributed by atoms with Gasteiger partial charge in [0.25, 0.3) is 0 Å². The lowest BCUT2D eigenvalue weighted by molar-refractivity contribution is -0.0141. The van der Waals surface area contributed by atoms with Crippen molar-refractivity contribution in [2.75, 3.05) is 13.2 Å². The normalized spacial score (nSPS) is 18.7. The van der Waals surface area contributed by atoms with Gasteiger partial charge in [0.1, 0.15) is 0 Å². The maximum absolute atomic E-state index is 6.49. The molecule has 0 bridgehead atoms. The smallest absolute Gasteiger partial charge is 0.183 e. The molecule has 0 aliphatic heterocycles. The van der Waals surface area contributed by atoms with Crippen LogP contribution in [-0.2, 0) is 8.85 Å². The molecule has 0 atom stereocenters. The second-order valence-corrected chi connectivity index (χ2v) is 19.1. The van der Waals surface area contributed by atoms with Crippen molar-refractivity contribution < 1.29 is 8.85 Å². The molecule has 0 saturated heterocycles. The molecule has 0 aromatic heterocycles. The zero-order valence-electron chi connectivity index (χ0n) is 17.1. The van der Waals surface area contributed by atoms with Crippen molar-refractivity contribution in [3.8, 4) is 0 Å². The minimum atomic E-state index is -1.50. The standard InChI is InChI=1S/C19H42O2Si2/c1-17(2)14-19(15-20-22(3,4)5,16-21-23(6,7)8)18-12-10-9-11-13-18/h17-18H,9-16H2,1-8H3. The Hall–Kier alpha value is 0.354. The van der Waals surface area contributed by atoms with E-state index in [9.17, 15) is 0 Å². The Bertz CT molecular complexity index is 318. The van der Waals surface area contributed by atoms with Gasteiger partial charge in [0.15, 0.2) is 16.6 Å². The number of hydrogen-bond donors (Lipinski definition) is 0. The van der Waals surface area contributed by atoms with Crippen LogP contribution >= 0.6 is 0 Å². The van der Waals surface area contributed by atoms with E-state index < -0.39 is 16.6 Å². The third-order valence-corrected chi connectivity index (χ3v) is 6.89. The van der Waals surface area contributed by atoms with E-state index in [-0.39, 0.29) is 5.41 Å². The minimum absolute atomic E-state index is 0.231. The Morgan fingerprint density at radius 2 is 1.26 bits per heavy atom. The van der Waals surface area contributed by atoms with Crippen LogP contribution in [0.4, 0.5) is 0 Å². The Balaban J connectivity index is 2.98. The SMILES string of the molecule is CC(C)CC(CO[Si](C)(C)C)(CO[Si](C)(C)C)C1CCCCC1. The largest absolute Gasteiger partial charge is 0.417 e. The van der Waals surface area contributed by atoms with Crippen LogP contribution in [0.15, 0.2) is 0 Å². The summed E-state index contributed by atoms with van der Waals surface area (Å²) in [6.45, 7) is 20.4. The molecule has 0 N–H and O–H groups in total. The monoisotopic (exact) mass is 358 g/mol. The van der Waals surface area contributed by atoms with Gasteiger partial charge in [-0.25, -0.2) is 0 Å². The lowest BCUT2D eigenvalue weighted by Crippen LogP contribution is -2.47. The third-order valence-electron chi connectivity index (χ3n) is 4.87. The summed E-state index contributed by atoms with van der Waals surface area (Å²) in [7, 11) is -3.00. The number of hydrogen-bond acceptors (Lipinski definition) is 2. The van der Waals surface area contributed by atoms with Gasteiger partial charge in [0.2, 0.25) is 0 Å². The molecule has 23 heavy (non-hydrogen) atoms. The predicted octanol–water partition coefficient (Wildman–Crippen LogP) is 6.30. The summed E-state index contributed by atoms with van der Waals surface area (Å²) >= 11 is 0. The van der Waals surface area contributed by atoms with Crippen molar-refractivity contribution in [3.63, 3.8) is 0 Å². The molecule has 1 aliphatic rings. The molecule has 1 aliphatic carbocycles. The molecule has 1 fully saturated rings. The first-order valence-electron chi connectivity index (χ1n) is 9.71. The molecule has 0 heterocycles. The van der Waals surface area contributed by atoms with E-state index >= 15 is 0 Å². The van der Waals surface area contributed by atoms with Crippen molar-refractivity contribution in [2.45, 2.75) is 91.7 Å². The van der Waals surface area contributed by atoms with Crippen molar-refractivity contribution in [1.29, 1.82) is 0 Å². The van der Waals surface area contributed by atoms with E-state index in [1.807, 2.05) is 0 Å². The van der Waals surface area contributed by atoms with Crippen molar-refractivity contribution >= 4 is 16.6 Å². The molecule has 0 unspecified atom stereocenters. The maximum Gasteiger partial charge on any atom is 0.183 e. The highest BCUT2D eigenvalue weighted by Gasteiger charge is 2.42. The van der Waals surface area contributed by atoms with E-state index in [4.69, 9.17) is 8.85 Å². The van der Waals surface area contributed by atoms with Crippen LogP contribution in [0, 0.1) is 17.3 Å². The van der Waals surface area contributed by atoms with Gasteiger partial charge in [-0.1, -0.05) is 33.1 Å². The summed E-state index contributed by atoms with van der Waals surface area (Å²) < 4.78 is 13.0. The van der Waals surface area contributed by atoms with E-state index in [0.717, 1.165) is 19.1 Å². The molecule has 0 aromatic rings. The molecule has 1 rings (SSSR count). The second-order valence-electron chi connectivity index (χ2n) is 10.1. The zero-order valence-corrected chi connectivity index (χ0v) is 19.1. The summed E-state index contributed by atoms with van der Waals surface area (Å²) in [6, 6.07) is 0. The van der Waals surface area contributed by atoms with Gasteiger partial charge in [-0.05, 0) is 70.4 Å². The highest BCUT2D eigenvalue weighted by atomic mass is 28.4. The summed E-state index contributed by atoms with van der Waals surface area (Å²) in [5.41, 5.74) is 0.231. The molecule has 4 heteroatoms. The fourth-order valence-electron chi connectivity index (χ4n) is 3.81. The summed E-state index contributed by atoms with van der Waals surface area (Å²) in [4.78, 5) is 0. The highest BCUT2D eigenvalue weighted by molar-refractivity contribution is 6.70. The van der Waals surface area contributed by atoms with E-state index in [2.05, 4.69) is 53.1 Å². The number of rotatable bonds is 9. The summed E-state index contributed by atoms with van der Waals surface area (Å²) in [5, 5.41) is 0. The maximum atomic E-state index is 6.49. The lowest BCUT2D eigenvalue weighted by atomic mass is 9.66. The Kier molecular flexibility index (Phi) is 8.03. The lowest BCUT2D eigenvalue weighted by Gasteiger charge is -2.46. The molecule has 138 valence electrons. The first kappa shape index (κ1) is 21.4. The Morgan fingerprint density at radius 1 is 0.826 bits per heavy atom. The van der Waals surface area contributed by atoms with Crippen molar-refractivity contribution in [2.24, 2.45) is 17.3 Å². The van der Waals surface area contributed by atoms with Gasteiger partial charge < -0.3 is 8.85 Å². The Labute approximate surface area is 148 Å². The van der Waals surface area contributed by atoms with Gasteiger partial charge in [-0.3, -0.25) is 0 Å². The van der Waals surface area contributed by atoms with E-state index in [1.165, 1.54) is 38.5 Å². The van der Waals surface area contributed by atoms with Crippen LogP contribution in [0.2, 0.25) is 39.3 Å². The molecule has 0 amide bonds. The van der Waals surface area contributed by atoms with Gasteiger partial charge in [-0.15, -0.1) is 0 Å². The predicted molar refractivity (Wildman–Crippen MR) is 107 cm³/mol. The van der Waals surface area contributed by atoms with Crippen LogP contribution in [0.1, 0.15) is 52.4 Å². The average molecular weight is 359 g/mol. The fraction of sp³-hybridized carbons (Fsp3) is 1.00. The first-order chi connectivity index (χ1) is 10.4. The van der Waals surface area contributed by atoms with E-state index in [0.29, 0.717) is 5.92 Å². The first-order valence-corrected chi connectivity index (χ1v) is 16.5. The molecule has 0 aromatic carbocycles. The summed E-state index contributed by atoms with van der Waals surface area (Å²) in [5.74, 6) is 1.48. The van der Waals surface area contributed by atoms with Crippen LogP contribution in [0.3, 0.4) is 0 Å². The van der Waals surface area contributed by atoms with Gasteiger partial charge >= 0.3 is 0 Å². The summed E-state index contributed by atoms with van der Waals surface area (Å²) in [6.07, 6.45) is 8.19. The quantitative estimate of drug-likeness (QED) is 0.450. The van der Waals surface area contributed by atoms with Gasteiger partial charge in [0, 0.05) is 18.6 Å². The van der Waals surface area contributed by atoms with Crippen molar-refractivity contribution in [3.05, 3.63) is 0 Å². The average Bonchev–Trinajstić information content (AvgIpc) is 2.41. The van der Waals surface area contributed by atoms with Crippen LogP contribution in [-0.4, -0.2) is 29.8 Å². The molecule has 2 nitrogen and oxygen atoms in total. The minimum Gasteiger partial charge on any atom is -0.417 e. The molecule has 0 spiro atoms. The fourth-order valence-corrected chi connectivity index (χ4v) is 5.25. The molecular formula is C19H42O2Si2. The molecule has 1 saturated carbocycles. The topological polar surface area (TPSA) is 18.5 Å². The van der Waals surface area contributed by atoms with E-state index in [1.54, 1.807) is 0 Å². The zero-order chi connectivity index (χ0) is 17.7. The third kappa shape index (κ3) is 8.32. The van der Waals surface area contributed by atoms with Gasteiger partial charge in [-0.2, -0.15) is 0 Å². The second kappa shape index (κ2) is 8.64. The molecule has 0 radical (unpaired) electrons.